The smallest absolute Gasteiger partial charge is 0.313 e. The number of ether oxygens (including phenoxy) is 2. The molecule has 0 amide bonds. The van der Waals surface area contributed by atoms with Crippen LogP contribution in [0.2, 0.25) is 0 Å². The largest absolute Gasteiger partial charge is 0.469 e. The molecule has 6 atom stereocenters. The molecule has 15 heavy (non-hydrogen) atoms. The Kier molecular flexibility index (Phi) is 0.981. The quantitative estimate of drug-likeness (QED) is 0.609. The molecule has 2 bridgehead atoms. The van der Waals surface area contributed by atoms with Gasteiger partial charge in [-0.25, -0.2) is 0 Å². The minimum Gasteiger partial charge on any atom is -0.469 e. The fourth-order valence-corrected chi connectivity index (χ4v) is 5.30. The number of hydrogen-bond donors (Lipinski definition) is 0. The van der Waals surface area contributed by atoms with Gasteiger partial charge in [0.2, 0.25) is 0 Å². The molecule has 0 aromatic heterocycles. The highest BCUT2D eigenvalue weighted by molar-refractivity contribution is 6.01. The number of carbonyl (C=O) groups is 2. The third kappa shape index (κ3) is 0.431. The van der Waals surface area contributed by atoms with E-state index in [0.29, 0.717) is 23.7 Å². The van der Waals surface area contributed by atoms with Crippen LogP contribution in [0, 0.1) is 34.5 Å². The molecule has 5 aliphatic rings. The second-order valence-electron chi connectivity index (χ2n) is 5.22. The predicted molar refractivity (Wildman–Crippen MR) is 47.5 cm³/mol. The van der Waals surface area contributed by atoms with Crippen LogP contribution in [0.5, 0.6) is 0 Å². The van der Waals surface area contributed by atoms with E-state index in [1.165, 1.54) is 14.2 Å². The maximum atomic E-state index is 11.8. The van der Waals surface area contributed by atoms with E-state index in [-0.39, 0.29) is 11.9 Å². The molecule has 5 fully saturated rings. The van der Waals surface area contributed by atoms with Gasteiger partial charge in [0.05, 0.1) is 25.0 Å². The van der Waals surface area contributed by atoms with Crippen molar-refractivity contribution in [3.63, 3.8) is 0 Å². The van der Waals surface area contributed by atoms with Gasteiger partial charge < -0.3 is 9.47 Å². The Labute approximate surface area is 86.9 Å². The molecular formula is C11H12O4. The number of methoxy groups -OCH3 is 2. The van der Waals surface area contributed by atoms with E-state index in [1.54, 1.807) is 0 Å². The number of hydrogen-bond acceptors (Lipinski definition) is 4. The number of rotatable bonds is 2. The molecule has 6 unspecified atom stereocenters. The second-order valence-corrected chi connectivity index (χ2v) is 5.22. The van der Waals surface area contributed by atoms with Crippen molar-refractivity contribution < 1.29 is 19.1 Å². The zero-order valence-electron chi connectivity index (χ0n) is 8.65. The van der Waals surface area contributed by atoms with Crippen LogP contribution in [0.25, 0.3) is 0 Å². The van der Waals surface area contributed by atoms with Gasteiger partial charge in [-0.2, -0.15) is 0 Å². The normalized spacial score (nSPS) is 60.1. The van der Waals surface area contributed by atoms with Crippen molar-refractivity contribution in [3.8, 4) is 0 Å². The molecule has 0 heterocycles. The van der Waals surface area contributed by atoms with E-state index >= 15 is 0 Å². The Morgan fingerprint density at radius 2 is 1.40 bits per heavy atom. The van der Waals surface area contributed by atoms with Gasteiger partial charge >= 0.3 is 11.9 Å². The van der Waals surface area contributed by atoms with Crippen molar-refractivity contribution in [1.29, 1.82) is 0 Å². The van der Waals surface area contributed by atoms with Crippen molar-refractivity contribution in [3.05, 3.63) is 0 Å². The fraction of sp³-hybridized carbons (Fsp3) is 0.818. The first-order chi connectivity index (χ1) is 7.18. The second kappa shape index (κ2) is 1.81. The lowest BCUT2D eigenvalue weighted by atomic mass is 9.72. The molecule has 0 saturated heterocycles. The summed E-state index contributed by atoms with van der Waals surface area (Å²) in [7, 11) is 2.81. The minimum atomic E-state index is -0.454. The van der Waals surface area contributed by atoms with E-state index < -0.39 is 10.8 Å². The molecule has 0 spiro atoms. The Bertz CT molecular complexity index is 361. The molecule has 80 valence electrons. The monoisotopic (exact) mass is 208 g/mol. The summed E-state index contributed by atoms with van der Waals surface area (Å²) < 4.78 is 9.73. The highest BCUT2D eigenvalue weighted by Gasteiger charge is 3.09. The lowest BCUT2D eigenvalue weighted by Crippen LogP contribution is -2.44. The van der Waals surface area contributed by atoms with E-state index in [4.69, 9.17) is 9.47 Å². The molecule has 5 saturated carbocycles. The highest BCUT2D eigenvalue weighted by Crippen LogP contribution is 3.05. The molecule has 5 aliphatic carbocycles. The molecule has 0 N–H and O–H groups in total. The van der Waals surface area contributed by atoms with Crippen molar-refractivity contribution in [2.24, 2.45) is 34.5 Å². The van der Waals surface area contributed by atoms with E-state index in [9.17, 15) is 9.59 Å². The lowest BCUT2D eigenvalue weighted by molar-refractivity contribution is -0.168. The van der Waals surface area contributed by atoms with Gasteiger partial charge in [-0.05, 0) is 30.1 Å². The molecule has 0 radical (unpaired) electrons. The maximum Gasteiger partial charge on any atom is 0.313 e. The molecule has 0 aromatic rings. The molecule has 0 aromatic carbocycles. The summed E-state index contributed by atoms with van der Waals surface area (Å²) in [6, 6.07) is 0. The van der Waals surface area contributed by atoms with Crippen LogP contribution in [0.4, 0.5) is 0 Å². The maximum absolute atomic E-state index is 11.8. The number of esters is 2. The number of carbonyl (C=O) groups excluding carboxylic acids is 2. The first-order valence-electron chi connectivity index (χ1n) is 5.35. The van der Waals surface area contributed by atoms with Crippen LogP contribution in [0.3, 0.4) is 0 Å². The van der Waals surface area contributed by atoms with Gasteiger partial charge in [0.25, 0.3) is 0 Å². The Morgan fingerprint density at radius 3 is 1.67 bits per heavy atom. The molecule has 5 rings (SSSR count). The van der Waals surface area contributed by atoms with Gasteiger partial charge in [0.1, 0.15) is 0 Å². The SMILES string of the molecule is COC(=O)C12C3CC4C(C31)C42C(=O)OC. The average molecular weight is 208 g/mol. The van der Waals surface area contributed by atoms with E-state index in [0.717, 1.165) is 6.42 Å². The summed E-state index contributed by atoms with van der Waals surface area (Å²) in [4.78, 5) is 23.7. The summed E-state index contributed by atoms with van der Waals surface area (Å²) in [5.41, 5.74) is -0.908. The average Bonchev–Trinajstić information content (AvgIpc) is 2.88. The zero-order valence-corrected chi connectivity index (χ0v) is 8.65. The standard InChI is InChI=1S/C11H12O4/c1-14-8(12)10-4-3-5-7(6(4)10)11(5,10)9(13)15-2/h4-7H,3H2,1-2H3. The van der Waals surface area contributed by atoms with Crippen molar-refractivity contribution >= 4 is 11.9 Å². The van der Waals surface area contributed by atoms with Gasteiger partial charge in [0, 0.05) is 0 Å². The molecule has 0 aliphatic heterocycles. The first kappa shape index (κ1) is 8.13. The first-order valence-corrected chi connectivity index (χ1v) is 5.35. The molecular weight excluding hydrogens is 196 g/mol. The highest BCUT2D eigenvalue weighted by atomic mass is 16.5. The molecule has 4 nitrogen and oxygen atoms in total. The minimum absolute atomic E-state index is 0.181. The van der Waals surface area contributed by atoms with Gasteiger partial charge in [-0.1, -0.05) is 0 Å². The van der Waals surface area contributed by atoms with Gasteiger partial charge in [-0.15, -0.1) is 0 Å². The van der Waals surface area contributed by atoms with Crippen LogP contribution < -0.4 is 0 Å². The predicted octanol–water partition coefficient (Wildman–Crippen LogP) is 0.214. The third-order valence-electron chi connectivity index (χ3n) is 5.50. The van der Waals surface area contributed by atoms with Gasteiger partial charge in [0.15, 0.2) is 0 Å². The third-order valence-corrected chi connectivity index (χ3v) is 5.50. The summed E-state index contributed by atoms with van der Waals surface area (Å²) in [6.07, 6.45) is 1.03. The van der Waals surface area contributed by atoms with Crippen molar-refractivity contribution in [2.45, 2.75) is 6.42 Å². The van der Waals surface area contributed by atoms with Crippen molar-refractivity contribution in [2.75, 3.05) is 14.2 Å². The fourth-order valence-electron chi connectivity index (χ4n) is 5.30. The zero-order chi connectivity index (χ0) is 10.6. The summed E-state index contributed by atoms with van der Waals surface area (Å²) >= 11 is 0. The summed E-state index contributed by atoms with van der Waals surface area (Å²) in [5.74, 6) is 1.35. The Hall–Kier alpha value is -1.06. The summed E-state index contributed by atoms with van der Waals surface area (Å²) in [5, 5.41) is 0. The topological polar surface area (TPSA) is 52.6 Å². The van der Waals surface area contributed by atoms with Crippen LogP contribution in [0.15, 0.2) is 0 Å². The Balaban J connectivity index is 1.81. The lowest BCUT2D eigenvalue weighted by Gasteiger charge is -2.31. The van der Waals surface area contributed by atoms with Crippen LogP contribution in [-0.4, -0.2) is 26.2 Å². The van der Waals surface area contributed by atoms with Gasteiger partial charge in [-0.3, -0.25) is 9.59 Å². The van der Waals surface area contributed by atoms with E-state index in [2.05, 4.69) is 0 Å². The Morgan fingerprint density at radius 1 is 1.00 bits per heavy atom. The summed E-state index contributed by atoms with van der Waals surface area (Å²) in [6.45, 7) is 0. The van der Waals surface area contributed by atoms with Crippen molar-refractivity contribution in [1.82, 2.24) is 0 Å². The van der Waals surface area contributed by atoms with Crippen LogP contribution in [0.1, 0.15) is 6.42 Å². The molecule has 4 heteroatoms. The van der Waals surface area contributed by atoms with E-state index in [1.807, 2.05) is 0 Å². The van der Waals surface area contributed by atoms with Crippen LogP contribution in [-0.2, 0) is 19.1 Å². The van der Waals surface area contributed by atoms with Crippen LogP contribution >= 0.6 is 0 Å².